The standard InChI is InChI=1S/C14H22O4/c1-5-8-18-14(4)9-11(16-6-2)13(15)12(10-14)17-7-3/h9-10H,5-8H2,1-4H3. The zero-order chi connectivity index (χ0) is 13.6. The number of rotatable bonds is 7. The molecule has 4 heteroatoms. The lowest BCUT2D eigenvalue weighted by Gasteiger charge is -2.28. The lowest BCUT2D eigenvalue weighted by Crippen LogP contribution is -2.32. The lowest BCUT2D eigenvalue weighted by atomic mass is 9.96. The van der Waals surface area contributed by atoms with E-state index >= 15 is 0 Å². The lowest BCUT2D eigenvalue weighted by molar-refractivity contribution is -0.119. The van der Waals surface area contributed by atoms with E-state index in [0.717, 1.165) is 6.42 Å². The van der Waals surface area contributed by atoms with Crippen LogP contribution in [0.4, 0.5) is 0 Å². The molecular formula is C14H22O4. The van der Waals surface area contributed by atoms with Crippen LogP contribution in [0.2, 0.25) is 0 Å². The second-order valence-electron chi connectivity index (χ2n) is 4.24. The van der Waals surface area contributed by atoms with Gasteiger partial charge in [0.15, 0.2) is 11.5 Å². The van der Waals surface area contributed by atoms with E-state index in [2.05, 4.69) is 0 Å². The van der Waals surface area contributed by atoms with Crippen molar-refractivity contribution in [1.29, 1.82) is 0 Å². The highest BCUT2D eigenvalue weighted by Gasteiger charge is 2.33. The van der Waals surface area contributed by atoms with Crippen molar-refractivity contribution >= 4 is 5.78 Å². The summed E-state index contributed by atoms with van der Waals surface area (Å²) in [6.45, 7) is 9.14. The minimum Gasteiger partial charge on any atom is -0.490 e. The van der Waals surface area contributed by atoms with Gasteiger partial charge < -0.3 is 14.2 Å². The summed E-state index contributed by atoms with van der Waals surface area (Å²) in [6.07, 6.45) is 4.35. The summed E-state index contributed by atoms with van der Waals surface area (Å²) in [6, 6.07) is 0. The third-order valence-corrected chi connectivity index (χ3v) is 2.50. The van der Waals surface area contributed by atoms with Gasteiger partial charge in [0.2, 0.25) is 0 Å². The summed E-state index contributed by atoms with van der Waals surface area (Å²) in [4.78, 5) is 12.0. The average molecular weight is 254 g/mol. The fourth-order valence-corrected chi connectivity index (χ4v) is 1.75. The summed E-state index contributed by atoms with van der Waals surface area (Å²) < 4.78 is 16.5. The van der Waals surface area contributed by atoms with E-state index in [4.69, 9.17) is 14.2 Å². The molecule has 0 heterocycles. The highest BCUT2D eigenvalue weighted by Crippen LogP contribution is 2.27. The van der Waals surface area contributed by atoms with Gasteiger partial charge in [-0.15, -0.1) is 0 Å². The molecule has 1 aliphatic carbocycles. The molecule has 0 atom stereocenters. The molecular weight excluding hydrogens is 232 g/mol. The first-order valence-corrected chi connectivity index (χ1v) is 6.46. The highest BCUT2D eigenvalue weighted by atomic mass is 16.5. The first kappa shape index (κ1) is 14.8. The summed E-state index contributed by atoms with van der Waals surface area (Å²) >= 11 is 0. The zero-order valence-corrected chi connectivity index (χ0v) is 11.6. The molecule has 0 radical (unpaired) electrons. The molecule has 0 aromatic rings. The molecule has 18 heavy (non-hydrogen) atoms. The van der Waals surface area contributed by atoms with E-state index in [0.29, 0.717) is 31.3 Å². The minimum atomic E-state index is -0.640. The van der Waals surface area contributed by atoms with E-state index < -0.39 is 5.60 Å². The summed E-state index contributed by atoms with van der Waals surface area (Å²) in [5.41, 5.74) is -0.640. The maximum atomic E-state index is 12.0. The first-order chi connectivity index (χ1) is 8.56. The number of carbonyl (C=O) groups excluding carboxylic acids is 1. The highest BCUT2D eigenvalue weighted by molar-refractivity contribution is 6.06. The van der Waals surface area contributed by atoms with Crippen molar-refractivity contribution < 1.29 is 19.0 Å². The van der Waals surface area contributed by atoms with Gasteiger partial charge in [0.05, 0.1) is 13.2 Å². The van der Waals surface area contributed by atoms with Crippen molar-refractivity contribution in [1.82, 2.24) is 0 Å². The predicted molar refractivity (Wildman–Crippen MR) is 69.1 cm³/mol. The van der Waals surface area contributed by atoms with Crippen LogP contribution >= 0.6 is 0 Å². The Kier molecular flexibility index (Phi) is 5.41. The van der Waals surface area contributed by atoms with Crippen LogP contribution in [-0.4, -0.2) is 31.2 Å². The van der Waals surface area contributed by atoms with Crippen LogP contribution in [0.25, 0.3) is 0 Å². The molecule has 0 spiro atoms. The Hall–Kier alpha value is -1.29. The van der Waals surface area contributed by atoms with Gasteiger partial charge in [-0.2, -0.15) is 0 Å². The molecule has 1 aliphatic rings. The zero-order valence-electron chi connectivity index (χ0n) is 11.6. The van der Waals surface area contributed by atoms with E-state index in [-0.39, 0.29) is 5.78 Å². The van der Waals surface area contributed by atoms with E-state index in [9.17, 15) is 4.79 Å². The quantitative estimate of drug-likeness (QED) is 0.700. The molecule has 0 saturated heterocycles. The van der Waals surface area contributed by atoms with Crippen LogP contribution in [-0.2, 0) is 19.0 Å². The minimum absolute atomic E-state index is 0.212. The second-order valence-corrected chi connectivity index (χ2v) is 4.24. The third-order valence-electron chi connectivity index (χ3n) is 2.50. The molecule has 102 valence electrons. The normalized spacial score (nSPS) is 18.1. The van der Waals surface area contributed by atoms with Crippen LogP contribution in [0.1, 0.15) is 34.1 Å². The molecule has 4 nitrogen and oxygen atoms in total. The molecule has 0 saturated carbocycles. The Morgan fingerprint density at radius 2 is 1.56 bits per heavy atom. The van der Waals surface area contributed by atoms with Gasteiger partial charge in [-0.25, -0.2) is 0 Å². The molecule has 0 aromatic carbocycles. The Bertz CT molecular complexity index is 329. The largest absolute Gasteiger partial charge is 0.490 e. The van der Waals surface area contributed by atoms with Gasteiger partial charge in [0.1, 0.15) is 5.60 Å². The first-order valence-electron chi connectivity index (χ1n) is 6.46. The van der Waals surface area contributed by atoms with E-state index in [1.807, 2.05) is 27.7 Å². The van der Waals surface area contributed by atoms with Gasteiger partial charge in [-0.1, -0.05) is 6.92 Å². The Morgan fingerprint density at radius 3 is 1.94 bits per heavy atom. The van der Waals surface area contributed by atoms with Gasteiger partial charge in [0.25, 0.3) is 5.78 Å². The monoisotopic (exact) mass is 254 g/mol. The molecule has 0 amide bonds. The van der Waals surface area contributed by atoms with Crippen LogP contribution in [0, 0.1) is 0 Å². The molecule has 0 aliphatic heterocycles. The van der Waals surface area contributed by atoms with Crippen molar-refractivity contribution in [3.05, 3.63) is 23.7 Å². The van der Waals surface area contributed by atoms with Crippen molar-refractivity contribution in [2.45, 2.75) is 39.7 Å². The average Bonchev–Trinajstić information content (AvgIpc) is 2.33. The maximum Gasteiger partial charge on any atom is 0.261 e. The Labute approximate surface area is 109 Å². The number of hydrogen-bond acceptors (Lipinski definition) is 4. The molecule has 1 rings (SSSR count). The summed E-state index contributed by atoms with van der Waals surface area (Å²) in [5, 5.41) is 0. The number of ether oxygens (including phenoxy) is 3. The third kappa shape index (κ3) is 3.60. The van der Waals surface area contributed by atoms with Gasteiger partial charge in [-0.3, -0.25) is 4.79 Å². The number of ketones is 1. The summed E-state index contributed by atoms with van der Waals surface area (Å²) in [5.74, 6) is 0.403. The van der Waals surface area contributed by atoms with Gasteiger partial charge >= 0.3 is 0 Å². The van der Waals surface area contributed by atoms with Gasteiger partial charge in [-0.05, 0) is 39.3 Å². The van der Waals surface area contributed by atoms with Gasteiger partial charge in [0, 0.05) is 6.61 Å². The SMILES string of the molecule is CCCOC1(C)C=C(OCC)C(=O)C(OCC)=C1. The van der Waals surface area contributed by atoms with Crippen molar-refractivity contribution in [2.24, 2.45) is 0 Å². The maximum absolute atomic E-state index is 12.0. The van der Waals surface area contributed by atoms with Crippen LogP contribution in [0.3, 0.4) is 0 Å². The molecule has 0 aromatic heterocycles. The number of Topliss-reactive ketones (excluding diaryl/α,β-unsaturated/α-hetero) is 1. The van der Waals surface area contributed by atoms with Crippen LogP contribution in [0.15, 0.2) is 23.7 Å². The molecule has 0 N–H and O–H groups in total. The summed E-state index contributed by atoms with van der Waals surface area (Å²) in [7, 11) is 0. The van der Waals surface area contributed by atoms with E-state index in [1.165, 1.54) is 0 Å². The molecule has 0 unspecified atom stereocenters. The molecule has 0 bridgehead atoms. The topological polar surface area (TPSA) is 44.8 Å². The fraction of sp³-hybridized carbons (Fsp3) is 0.643. The Balaban J connectivity index is 2.96. The Morgan fingerprint density at radius 1 is 1.06 bits per heavy atom. The predicted octanol–water partition coefficient (Wildman–Crippen LogP) is 2.60. The van der Waals surface area contributed by atoms with Crippen molar-refractivity contribution in [2.75, 3.05) is 19.8 Å². The van der Waals surface area contributed by atoms with Crippen molar-refractivity contribution in [3.63, 3.8) is 0 Å². The fourth-order valence-electron chi connectivity index (χ4n) is 1.75. The van der Waals surface area contributed by atoms with Crippen molar-refractivity contribution in [3.8, 4) is 0 Å². The number of carbonyl (C=O) groups is 1. The van der Waals surface area contributed by atoms with Crippen LogP contribution < -0.4 is 0 Å². The number of hydrogen-bond donors (Lipinski definition) is 0. The smallest absolute Gasteiger partial charge is 0.261 e. The van der Waals surface area contributed by atoms with E-state index in [1.54, 1.807) is 12.2 Å². The molecule has 0 fully saturated rings. The second kappa shape index (κ2) is 6.59. The van der Waals surface area contributed by atoms with Crippen LogP contribution in [0.5, 0.6) is 0 Å².